The lowest BCUT2D eigenvalue weighted by atomic mass is 10.1. The molecular weight excluding hydrogens is 318 g/mol. The van der Waals surface area contributed by atoms with E-state index in [0.717, 1.165) is 26.2 Å². The number of amides is 1. The second-order valence-corrected chi connectivity index (χ2v) is 6.70. The van der Waals surface area contributed by atoms with Crippen LogP contribution in [0.2, 0.25) is 0 Å². The molecule has 0 spiro atoms. The first-order valence-corrected chi connectivity index (χ1v) is 8.51. The van der Waals surface area contributed by atoms with E-state index in [1.807, 2.05) is 23.1 Å². The van der Waals surface area contributed by atoms with E-state index in [1.54, 1.807) is 25.2 Å². The quantitative estimate of drug-likeness (QED) is 0.783. The Hall–Kier alpha value is -2.25. The molecule has 0 saturated heterocycles. The van der Waals surface area contributed by atoms with E-state index in [9.17, 15) is 4.79 Å². The van der Waals surface area contributed by atoms with Gasteiger partial charge in [0.15, 0.2) is 0 Å². The number of carbonyl (C=O) groups excluding carboxylic acids is 1. The number of carbonyl (C=O) groups is 1. The summed E-state index contributed by atoms with van der Waals surface area (Å²) in [6, 6.07) is 6.12. The molecule has 0 saturated carbocycles. The van der Waals surface area contributed by atoms with Crippen molar-refractivity contribution in [3.05, 3.63) is 48.0 Å². The van der Waals surface area contributed by atoms with Crippen molar-refractivity contribution in [1.82, 2.24) is 24.6 Å². The van der Waals surface area contributed by atoms with Gasteiger partial charge in [-0.3, -0.25) is 19.4 Å². The second kappa shape index (κ2) is 8.22. The first-order chi connectivity index (χ1) is 12.1. The molecule has 1 aliphatic heterocycles. The van der Waals surface area contributed by atoms with Gasteiger partial charge < -0.3 is 9.64 Å². The first kappa shape index (κ1) is 17.6. The summed E-state index contributed by atoms with van der Waals surface area (Å²) in [5.41, 5.74) is 2.40. The minimum absolute atomic E-state index is 0.0133. The van der Waals surface area contributed by atoms with Crippen LogP contribution in [0.5, 0.6) is 0 Å². The third-order valence-electron chi connectivity index (χ3n) is 4.34. The van der Waals surface area contributed by atoms with Crippen LogP contribution in [0.25, 0.3) is 0 Å². The van der Waals surface area contributed by atoms with Crippen LogP contribution in [0.3, 0.4) is 0 Å². The van der Waals surface area contributed by atoms with Gasteiger partial charge in [-0.1, -0.05) is 6.07 Å². The summed E-state index contributed by atoms with van der Waals surface area (Å²) in [4.78, 5) is 19.8. The molecule has 0 aliphatic carbocycles. The topological polar surface area (TPSA) is 63.5 Å². The standard InChI is InChI=1S/C18H25N5O2/c1-21(2)18(24)14-25-13-16-10-22(9-15-4-3-6-19-8-15)12-17-5-7-20-23(17)11-16/h3-8,16H,9-14H2,1-2H3. The second-order valence-electron chi connectivity index (χ2n) is 6.70. The van der Waals surface area contributed by atoms with Crippen LogP contribution >= 0.6 is 0 Å². The smallest absolute Gasteiger partial charge is 0.248 e. The molecule has 0 bridgehead atoms. The van der Waals surface area contributed by atoms with E-state index in [-0.39, 0.29) is 18.4 Å². The Morgan fingerprint density at radius 2 is 2.20 bits per heavy atom. The zero-order chi connectivity index (χ0) is 17.6. The van der Waals surface area contributed by atoms with Gasteiger partial charge in [-0.15, -0.1) is 0 Å². The Labute approximate surface area is 148 Å². The van der Waals surface area contributed by atoms with E-state index in [0.29, 0.717) is 6.61 Å². The number of rotatable bonds is 6. The molecule has 134 valence electrons. The number of fused-ring (bicyclic) bond motifs is 1. The largest absolute Gasteiger partial charge is 0.371 e. The van der Waals surface area contributed by atoms with Crippen molar-refractivity contribution in [1.29, 1.82) is 0 Å². The van der Waals surface area contributed by atoms with Crippen molar-refractivity contribution in [2.24, 2.45) is 5.92 Å². The van der Waals surface area contributed by atoms with Crippen LogP contribution in [-0.4, -0.2) is 64.3 Å². The SMILES string of the molecule is CN(C)C(=O)COCC1CN(Cc2cccnc2)Cc2ccnn2C1. The Bertz CT molecular complexity index is 686. The molecule has 1 aliphatic rings. The lowest BCUT2D eigenvalue weighted by molar-refractivity contribution is -0.134. The average molecular weight is 343 g/mol. The van der Waals surface area contributed by atoms with Crippen LogP contribution in [0.15, 0.2) is 36.8 Å². The molecule has 0 fully saturated rings. The van der Waals surface area contributed by atoms with Gasteiger partial charge in [0.2, 0.25) is 5.91 Å². The molecule has 2 aromatic heterocycles. The highest BCUT2D eigenvalue weighted by atomic mass is 16.5. The van der Waals surface area contributed by atoms with Gasteiger partial charge in [0.25, 0.3) is 0 Å². The Morgan fingerprint density at radius 3 is 2.96 bits per heavy atom. The zero-order valence-electron chi connectivity index (χ0n) is 14.8. The van der Waals surface area contributed by atoms with Crippen molar-refractivity contribution >= 4 is 5.91 Å². The first-order valence-electron chi connectivity index (χ1n) is 8.51. The summed E-state index contributed by atoms with van der Waals surface area (Å²) >= 11 is 0. The van der Waals surface area contributed by atoms with E-state index < -0.39 is 0 Å². The molecule has 1 unspecified atom stereocenters. The molecule has 7 heteroatoms. The molecule has 0 aromatic carbocycles. The Kier molecular flexibility index (Phi) is 5.78. The molecule has 2 aromatic rings. The Morgan fingerprint density at radius 1 is 1.32 bits per heavy atom. The number of hydrogen-bond donors (Lipinski definition) is 0. The summed E-state index contributed by atoms with van der Waals surface area (Å²) < 4.78 is 7.72. The van der Waals surface area contributed by atoms with E-state index in [1.165, 1.54) is 11.3 Å². The van der Waals surface area contributed by atoms with Crippen LogP contribution in [-0.2, 0) is 29.2 Å². The van der Waals surface area contributed by atoms with E-state index in [4.69, 9.17) is 4.74 Å². The maximum absolute atomic E-state index is 11.7. The summed E-state index contributed by atoms with van der Waals surface area (Å²) in [5.74, 6) is 0.272. The van der Waals surface area contributed by atoms with Crippen LogP contribution in [0, 0.1) is 5.92 Å². The zero-order valence-corrected chi connectivity index (χ0v) is 14.8. The van der Waals surface area contributed by atoms with Gasteiger partial charge in [0, 0.05) is 64.8 Å². The lowest BCUT2D eigenvalue weighted by Crippen LogP contribution is -2.32. The van der Waals surface area contributed by atoms with Gasteiger partial charge in [0.05, 0.1) is 12.3 Å². The molecule has 3 rings (SSSR count). The minimum Gasteiger partial charge on any atom is -0.371 e. The van der Waals surface area contributed by atoms with Crippen LogP contribution < -0.4 is 0 Å². The summed E-state index contributed by atoms with van der Waals surface area (Å²) in [6.07, 6.45) is 5.54. The molecule has 1 amide bonds. The maximum atomic E-state index is 11.7. The van der Waals surface area contributed by atoms with Crippen molar-refractivity contribution in [2.45, 2.75) is 19.6 Å². The minimum atomic E-state index is -0.0133. The molecule has 1 atom stereocenters. The molecule has 25 heavy (non-hydrogen) atoms. The third-order valence-corrected chi connectivity index (χ3v) is 4.34. The van der Waals surface area contributed by atoms with Gasteiger partial charge in [-0.05, 0) is 17.7 Å². The number of nitrogens with zero attached hydrogens (tertiary/aromatic N) is 5. The molecule has 0 radical (unpaired) electrons. The fraction of sp³-hybridized carbons (Fsp3) is 0.500. The van der Waals surface area contributed by atoms with E-state index >= 15 is 0 Å². The van der Waals surface area contributed by atoms with Gasteiger partial charge >= 0.3 is 0 Å². The third kappa shape index (κ3) is 4.87. The fourth-order valence-corrected chi connectivity index (χ4v) is 3.04. The van der Waals surface area contributed by atoms with E-state index in [2.05, 4.69) is 27.1 Å². The number of hydrogen-bond acceptors (Lipinski definition) is 5. The Balaban J connectivity index is 1.63. The number of likely N-dealkylation sites (N-methyl/N-ethyl adjacent to an activating group) is 1. The highest BCUT2D eigenvalue weighted by molar-refractivity contribution is 5.76. The van der Waals surface area contributed by atoms with Crippen molar-refractivity contribution in [3.8, 4) is 0 Å². The summed E-state index contributed by atoms with van der Waals surface area (Å²) in [7, 11) is 3.48. The number of aromatic nitrogens is 3. The monoisotopic (exact) mass is 343 g/mol. The summed E-state index contributed by atoms with van der Waals surface area (Å²) in [6.45, 7) is 4.06. The van der Waals surface area contributed by atoms with Crippen molar-refractivity contribution in [3.63, 3.8) is 0 Å². The van der Waals surface area contributed by atoms with Crippen molar-refractivity contribution < 1.29 is 9.53 Å². The summed E-state index contributed by atoms with van der Waals surface area (Å²) in [5, 5.41) is 4.43. The highest BCUT2D eigenvalue weighted by Crippen LogP contribution is 2.18. The van der Waals surface area contributed by atoms with Crippen LogP contribution in [0.4, 0.5) is 0 Å². The normalized spacial score (nSPS) is 17.8. The average Bonchev–Trinajstić information content (AvgIpc) is 2.95. The predicted molar refractivity (Wildman–Crippen MR) is 93.6 cm³/mol. The number of ether oxygens (including phenoxy) is 1. The predicted octanol–water partition coefficient (Wildman–Crippen LogP) is 1.01. The van der Waals surface area contributed by atoms with Gasteiger partial charge in [-0.25, -0.2) is 0 Å². The number of pyridine rings is 1. The molecular formula is C18H25N5O2. The fourth-order valence-electron chi connectivity index (χ4n) is 3.04. The van der Waals surface area contributed by atoms with Crippen molar-refractivity contribution in [2.75, 3.05) is 33.9 Å². The van der Waals surface area contributed by atoms with Gasteiger partial charge in [0.1, 0.15) is 6.61 Å². The van der Waals surface area contributed by atoms with Gasteiger partial charge in [-0.2, -0.15) is 5.10 Å². The lowest BCUT2D eigenvalue weighted by Gasteiger charge is -2.24. The highest BCUT2D eigenvalue weighted by Gasteiger charge is 2.23. The molecule has 3 heterocycles. The molecule has 0 N–H and O–H groups in total. The van der Waals surface area contributed by atoms with Crippen LogP contribution in [0.1, 0.15) is 11.3 Å². The molecule has 7 nitrogen and oxygen atoms in total. The maximum Gasteiger partial charge on any atom is 0.248 e.